The van der Waals surface area contributed by atoms with Gasteiger partial charge in [0.15, 0.2) is 0 Å². The molecule has 0 radical (unpaired) electrons. The Labute approximate surface area is 409 Å². The third-order valence-electron chi connectivity index (χ3n) is 10.9. The lowest BCUT2D eigenvalue weighted by molar-refractivity contribution is -0.134. The molecule has 23 nitrogen and oxygen atoms in total. The quantitative estimate of drug-likeness (QED) is 0.112. The second-order valence-electron chi connectivity index (χ2n) is 15.9. The fraction of sp³-hybridized carbons (Fsp3) is 0.333. The Kier molecular flexibility index (Phi) is 25.2. The number of carbonyl (C=O) groups is 6. The molecule has 0 aliphatic carbocycles. The van der Waals surface area contributed by atoms with Crippen LogP contribution in [0.4, 0.5) is 0 Å². The zero-order valence-corrected chi connectivity index (χ0v) is 39.3. The number of nitrogens with zero attached hydrogens (tertiary/aromatic N) is 6. The lowest BCUT2D eigenvalue weighted by Gasteiger charge is -2.32. The Morgan fingerprint density at radius 2 is 0.817 bits per heavy atom. The van der Waals surface area contributed by atoms with Crippen LogP contribution in [0.1, 0.15) is 45.7 Å². The van der Waals surface area contributed by atoms with Crippen LogP contribution in [0.3, 0.4) is 0 Å². The Morgan fingerprint density at radius 1 is 0.507 bits per heavy atom. The summed E-state index contributed by atoms with van der Waals surface area (Å²) in [5.74, 6) is -3.36. The van der Waals surface area contributed by atoms with E-state index in [1.165, 1.54) is 0 Å². The van der Waals surface area contributed by atoms with Gasteiger partial charge in [-0.3, -0.25) is 29.4 Å². The Morgan fingerprint density at radius 3 is 1.14 bits per heavy atom. The van der Waals surface area contributed by atoms with Crippen LogP contribution in [-0.4, -0.2) is 182 Å². The summed E-state index contributed by atoms with van der Waals surface area (Å²) in [6.45, 7) is 9.36. The van der Waals surface area contributed by atoms with E-state index in [9.17, 15) is 28.8 Å². The number of pyridine rings is 2. The minimum absolute atomic E-state index is 0. The number of hydrogen-bond donors (Lipinski definition) is 6. The normalized spacial score (nSPS) is 17.1. The number of fused-ring (bicyclic) bond motifs is 4. The molecule has 8 rings (SSSR count). The number of likely N-dealkylation sites (N-methyl/N-ethyl adjacent to an activating group) is 2. The lowest BCUT2D eigenvalue weighted by Crippen LogP contribution is -2.48. The number of piperazine rings is 2. The second kappa shape index (κ2) is 30.1. The molecule has 2 unspecified atom stereocenters. The third-order valence-corrected chi connectivity index (χ3v) is 10.9. The van der Waals surface area contributed by atoms with Crippen LogP contribution < -0.4 is 20.1 Å². The predicted molar refractivity (Wildman–Crippen MR) is 258 cm³/mol. The van der Waals surface area contributed by atoms with Gasteiger partial charge in [0.05, 0.1) is 36.6 Å². The van der Waals surface area contributed by atoms with Crippen molar-refractivity contribution in [1.82, 2.24) is 40.2 Å². The summed E-state index contributed by atoms with van der Waals surface area (Å²) in [4.78, 5) is 81.6. The summed E-state index contributed by atoms with van der Waals surface area (Å²) in [5.41, 5.74) is 5.70. The molecule has 2 amide bonds. The molecule has 71 heavy (non-hydrogen) atoms. The first-order valence-corrected chi connectivity index (χ1v) is 21.7. The van der Waals surface area contributed by atoms with Crippen LogP contribution in [0, 0.1) is 0 Å². The zero-order chi connectivity index (χ0) is 49.0. The average molecular weight is 991 g/mol. The van der Waals surface area contributed by atoms with Crippen molar-refractivity contribution in [2.24, 2.45) is 0 Å². The maximum atomic E-state index is 12.8. The first kappa shape index (κ1) is 59.5. The van der Waals surface area contributed by atoms with E-state index in [1.807, 2.05) is 72.8 Å². The van der Waals surface area contributed by atoms with Gasteiger partial charge in [0.25, 0.3) is 0 Å². The first-order valence-electron chi connectivity index (χ1n) is 21.7. The molecule has 4 aromatic rings. The topological polar surface area (TPSA) is 359 Å². The Balaban J connectivity index is 0.000000363. The summed E-state index contributed by atoms with van der Waals surface area (Å²) in [6, 6.07) is 23.2. The number of para-hydroxylation sites is 2. The molecule has 2 fully saturated rings. The van der Waals surface area contributed by atoms with Gasteiger partial charge < -0.3 is 66.8 Å². The molecule has 4 aliphatic rings. The van der Waals surface area contributed by atoms with Crippen molar-refractivity contribution < 1.29 is 75.1 Å². The number of carboxylic acids is 4. The van der Waals surface area contributed by atoms with Gasteiger partial charge in [-0.1, -0.05) is 48.5 Å². The highest BCUT2D eigenvalue weighted by Gasteiger charge is 2.29. The van der Waals surface area contributed by atoms with Gasteiger partial charge in [-0.05, 0) is 38.4 Å². The highest BCUT2D eigenvalue weighted by Crippen LogP contribution is 2.36. The van der Waals surface area contributed by atoms with E-state index in [1.54, 1.807) is 12.4 Å². The van der Waals surface area contributed by atoms with Crippen LogP contribution >= 0.6 is 0 Å². The molecule has 384 valence electrons. The number of carboxylic acid groups (broad SMARTS) is 4. The van der Waals surface area contributed by atoms with Crippen molar-refractivity contribution in [2.75, 3.05) is 79.5 Å². The van der Waals surface area contributed by atoms with Crippen molar-refractivity contribution >= 4 is 35.7 Å². The molecule has 0 spiro atoms. The van der Waals surface area contributed by atoms with E-state index in [0.29, 0.717) is 50.6 Å². The summed E-state index contributed by atoms with van der Waals surface area (Å²) >= 11 is 0. The molecule has 2 saturated heterocycles. The summed E-state index contributed by atoms with van der Waals surface area (Å²) in [6.07, 6.45) is 5.76. The number of hydrogen-bond acceptors (Lipinski definition) is 14. The van der Waals surface area contributed by atoms with Crippen LogP contribution in [0.2, 0.25) is 0 Å². The van der Waals surface area contributed by atoms with E-state index < -0.39 is 23.9 Å². The standard InChI is InChI=1S/2C20H24N4O2.2C4H4O4.3H2O/c2*1-23-9-11-24(12-10-23)13-19(25)22-20-15-6-4-8-21-17(15)14-26-18-7-3-2-5-16(18)20;2*5-3(6)1-2-4(7)8;;;/h2*2-8,20H,9-14H2,1H3,(H,22,25);2*1-2H,(H,5,6)(H,7,8);3*1H2/b;;2*2-1+;;;. The van der Waals surface area contributed by atoms with Gasteiger partial charge in [-0.2, -0.15) is 0 Å². The molecule has 6 heterocycles. The summed E-state index contributed by atoms with van der Waals surface area (Å²) in [7, 11) is 4.23. The summed E-state index contributed by atoms with van der Waals surface area (Å²) < 4.78 is 11.8. The smallest absolute Gasteiger partial charge is 0.328 e. The molecule has 0 saturated carbocycles. The molecule has 2 atom stereocenters. The molecule has 23 heteroatoms. The van der Waals surface area contributed by atoms with Gasteiger partial charge in [0.1, 0.15) is 24.7 Å². The van der Waals surface area contributed by atoms with Crippen molar-refractivity contribution in [1.29, 1.82) is 0 Å². The fourth-order valence-corrected chi connectivity index (χ4v) is 7.42. The Hall–Kier alpha value is -7.64. The SMILES string of the molecule is CN1CCN(CC(=O)NC2c3ccccc3OCc3ncccc32)CC1.CN1CCN(CC(=O)NC2c3ccccc3OCc3ncccc32)CC1.O.O.O.O=C(O)/C=C/C(=O)O.O=C(O)/C=C/C(=O)O. The fourth-order valence-electron chi connectivity index (χ4n) is 7.42. The van der Waals surface area contributed by atoms with Gasteiger partial charge in [-0.15, -0.1) is 0 Å². The minimum atomic E-state index is -1.26. The van der Waals surface area contributed by atoms with Crippen molar-refractivity contribution in [3.63, 3.8) is 0 Å². The zero-order valence-electron chi connectivity index (χ0n) is 39.3. The van der Waals surface area contributed by atoms with Crippen molar-refractivity contribution in [3.05, 3.63) is 143 Å². The molecule has 0 bridgehead atoms. The number of aromatic nitrogens is 2. The molecule has 4 aliphatic heterocycles. The van der Waals surface area contributed by atoms with Crippen LogP contribution in [-0.2, 0) is 42.0 Å². The van der Waals surface area contributed by atoms with E-state index in [4.69, 9.17) is 29.9 Å². The maximum absolute atomic E-state index is 12.8. The predicted octanol–water partition coefficient (Wildman–Crippen LogP) is -0.196. The average Bonchev–Trinajstić information content (AvgIpc) is 3.58. The third kappa shape index (κ3) is 19.3. The first-order chi connectivity index (χ1) is 32.7. The largest absolute Gasteiger partial charge is 0.487 e. The van der Waals surface area contributed by atoms with E-state index >= 15 is 0 Å². The van der Waals surface area contributed by atoms with Gasteiger partial charge >= 0.3 is 23.9 Å². The van der Waals surface area contributed by atoms with E-state index in [-0.39, 0.29) is 40.3 Å². The number of benzene rings is 2. The Bertz CT molecular complexity index is 2150. The minimum Gasteiger partial charge on any atom is -0.487 e. The maximum Gasteiger partial charge on any atom is 0.328 e. The number of rotatable bonds is 10. The second-order valence-corrected chi connectivity index (χ2v) is 15.9. The van der Waals surface area contributed by atoms with Crippen LogP contribution in [0.5, 0.6) is 11.5 Å². The number of aliphatic carboxylic acids is 4. The van der Waals surface area contributed by atoms with Gasteiger partial charge in [-0.25, -0.2) is 19.2 Å². The highest BCUT2D eigenvalue weighted by molar-refractivity contribution is 5.90. The van der Waals surface area contributed by atoms with E-state index in [2.05, 4.69) is 54.3 Å². The van der Waals surface area contributed by atoms with E-state index in [0.717, 1.165) is 97.5 Å². The number of ether oxygens (including phenoxy) is 2. The molecular formula is C48H62N8O15. The van der Waals surface area contributed by atoms with Gasteiger partial charge in [0.2, 0.25) is 11.8 Å². The number of carbonyl (C=O) groups excluding carboxylic acids is 2. The van der Waals surface area contributed by atoms with Crippen LogP contribution in [0.25, 0.3) is 0 Å². The van der Waals surface area contributed by atoms with Crippen molar-refractivity contribution in [3.8, 4) is 11.5 Å². The van der Waals surface area contributed by atoms with Crippen LogP contribution in [0.15, 0.2) is 109 Å². The molecular weight excluding hydrogens is 929 g/mol. The number of nitrogens with one attached hydrogen (secondary N) is 2. The highest BCUT2D eigenvalue weighted by atomic mass is 16.5. The monoisotopic (exact) mass is 990 g/mol. The molecule has 2 aromatic heterocycles. The number of amides is 2. The summed E-state index contributed by atoms with van der Waals surface area (Å²) in [5, 5.41) is 37.7. The lowest BCUT2D eigenvalue weighted by atomic mass is 9.97. The van der Waals surface area contributed by atoms with Gasteiger partial charge in [0, 0.05) is 111 Å². The molecule has 12 N–H and O–H groups in total. The van der Waals surface area contributed by atoms with Crippen molar-refractivity contribution in [2.45, 2.75) is 25.3 Å². The molecule has 2 aromatic carbocycles.